The monoisotopic (exact) mass is 464 g/mol. The van der Waals surface area contributed by atoms with E-state index in [9.17, 15) is 18.0 Å². The van der Waals surface area contributed by atoms with E-state index >= 15 is 0 Å². The Hall–Kier alpha value is -3.20. The van der Waals surface area contributed by atoms with Crippen molar-refractivity contribution in [2.45, 2.75) is 31.8 Å². The fraction of sp³-hybridized carbons (Fsp3) is 0.273. The zero-order valence-corrected chi connectivity index (χ0v) is 17.6. The van der Waals surface area contributed by atoms with Crippen molar-refractivity contribution in [1.82, 2.24) is 14.5 Å². The van der Waals surface area contributed by atoms with Gasteiger partial charge in [0.05, 0.1) is 6.04 Å². The van der Waals surface area contributed by atoms with Crippen LogP contribution in [-0.2, 0) is 6.54 Å². The summed E-state index contributed by atoms with van der Waals surface area (Å²) in [5.41, 5.74) is 1.43. The van der Waals surface area contributed by atoms with Crippen LogP contribution in [0.25, 0.3) is 0 Å². The Morgan fingerprint density at radius 3 is 2.56 bits per heavy atom. The number of carbonyl (C=O) groups excluding carboxylic acids is 1. The largest absolute Gasteiger partial charge is 0.573 e. The first-order valence-corrected chi connectivity index (χ1v) is 10.4. The number of anilines is 1. The van der Waals surface area contributed by atoms with Crippen molar-refractivity contribution in [2.75, 3.05) is 11.9 Å². The third kappa shape index (κ3) is 5.34. The fourth-order valence-corrected chi connectivity index (χ4v) is 3.88. The normalized spacial score (nSPS) is 16.2. The Morgan fingerprint density at radius 2 is 1.88 bits per heavy atom. The maximum atomic E-state index is 12.9. The van der Waals surface area contributed by atoms with Gasteiger partial charge in [0.2, 0.25) is 0 Å². The Morgan fingerprint density at radius 1 is 1.16 bits per heavy atom. The highest BCUT2D eigenvalue weighted by atomic mass is 35.5. The summed E-state index contributed by atoms with van der Waals surface area (Å²) in [6.45, 7) is 1.15. The number of amides is 2. The molecule has 1 atom stereocenters. The summed E-state index contributed by atoms with van der Waals surface area (Å²) in [6, 6.07) is 12.0. The zero-order chi connectivity index (χ0) is 22.7. The van der Waals surface area contributed by atoms with E-state index in [1.165, 1.54) is 12.1 Å². The molecular formula is C22H20ClF3N4O2. The number of hydrogen-bond donors (Lipinski definition) is 1. The van der Waals surface area contributed by atoms with E-state index in [2.05, 4.69) is 15.0 Å². The summed E-state index contributed by atoms with van der Waals surface area (Å²) in [7, 11) is 0. The molecule has 2 amide bonds. The average Bonchev–Trinajstić information content (AvgIpc) is 3.39. The molecule has 0 aliphatic carbocycles. The molecule has 32 heavy (non-hydrogen) atoms. The summed E-state index contributed by atoms with van der Waals surface area (Å²) >= 11 is 5.96. The van der Waals surface area contributed by atoms with E-state index in [1.54, 1.807) is 11.1 Å². The highest BCUT2D eigenvalue weighted by Crippen LogP contribution is 2.32. The van der Waals surface area contributed by atoms with Crippen molar-refractivity contribution in [2.24, 2.45) is 0 Å². The van der Waals surface area contributed by atoms with Crippen molar-refractivity contribution in [3.63, 3.8) is 0 Å². The standard InChI is InChI=1S/C22H20ClF3N4O2/c23-16-5-3-15(4-6-16)14-29-13-11-27-20(29)19-2-1-12-30(19)21(31)28-17-7-9-18(10-8-17)32-22(24,25)26/h3-11,13,19H,1-2,12,14H2,(H,28,31)/t19-/m1/s1. The lowest BCUT2D eigenvalue weighted by molar-refractivity contribution is -0.274. The highest BCUT2D eigenvalue weighted by Gasteiger charge is 2.33. The van der Waals surface area contributed by atoms with Gasteiger partial charge in [-0.05, 0) is 54.8 Å². The molecule has 2 aromatic carbocycles. The molecule has 1 saturated heterocycles. The molecule has 0 saturated carbocycles. The number of rotatable bonds is 5. The number of urea groups is 1. The van der Waals surface area contributed by atoms with Crippen LogP contribution in [0.4, 0.5) is 23.7 Å². The van der Waals surface area contributed by atoms with Gasteiger partial charge in [-0.3, -0.25) is 0 Å². The first kappa shape index (κ1) is 22.0. The first-order chi connectivity index (χ1) is 15.3. The lowest BCUT2D eigenvalue weighted by Gasteiger charge is -2.25. The predicted molar refractivity (Wildman–Crippen MR) is 114 cm³/mol. The molecule has 1 aromatic heterocycles. The van der Waals surface area contributed by atoms with E-state index in [1.807, 2.05) is 35.0 Å². The van der Waals surface area contributed by atoms with Crippen molar-refractivity contribution in [1.29, 1.82) is 0 Å². The Kier molecular flexibility index (Phi) is 6.27. The minimum atomic E-state index is -4.76. The Labute approximate surface area is 187 Å². The lowest BCUT2D eigenvalue weighted by Crippen LogP contribution is -2.35. The average molecular weight is 465 g/mol. The van der Waals surface area contributed by atoms with Crippen molar-refractivity contribution < 1.29 is 22.7 Å². The number of hydrogen-bond acceptors (Lipinski definition) is 3. The van der Waals surface area contributed by atoms with E-state index in [-0.39, 0.29) is 17.8 Å². The molecule has 10 heteroatoms. The number of ether oxygens (including phenoxy) is 1. The lowest BCUT2D eigenvalue weighted by atomic mass is 10.2. The van der Waals surface area contributed by atoms with E-state index in [4.69, 9.17) is 11.6 Å². The Bertz CT molecular complexity index is 1070. The van der Waals surface area contributed by atoms with Gasteiger partial charge in [0.25, 0.3) is 0 Å². The molecule has 0 unspecified atom stereocenters. The van der Waals surface area contributed by atoms with Crippen molar-refractivity contribution in [3.8, 4) is 5.75 Å². The molecule has 1 aliphatic rings. The molecule has 3 aromatic rings. The van der Waals surface area contributed by atoms with Crippen LogP contribution in [-0.4, -0.2) is 33.4 Å². The van der Waals surface area contributed by atoms with E-state index < -0.39 is 6.36 Å². The Balaban J connectivity index is 1.44. The zero-order valence-electron chi connectivity index (χ0n) is 16.8. The molecule has 2 heterocycles. The van der Waals surface area contributed by atoms with Crippen LogP contribution < -0.4 is 10.1 Å². The minimum absolute atomic E-state index is 0.204. The number of alkyl halides is 3. The highest BCUT2D eigenvalue weighted by molar-refractivity contribution is 6.30. The van der Waals surface area contributed by atoms with Crippen LogP contribution in [0.15, 0.2) is 60.9 Å². The van der Waals surface area contributed by atoms with Gasteiger partial charge in [-0.15, -0.1) is 13.2 Å². The number of halogens is 4. The van der Waals surface area contributed by atoms with E-state index in [0.717, 1.165) is 36.4 Å². The number of aromatic nitrogens is 2. The molecule has 0 bridgehead atoms. The number of carbonyl (C=O) groups is 1. The number of benzene rings is 2. The van der Waals surface area contributed by atoms with Gasteiger partial charge < -0.3 is 19.5 Å². The fourth-order valence-electron chi connectivity index (χ4n) is 3.75. The van der Waals surface area contributed by atoms with E-state index in [0.29, 0.717) is 23.8 Å². The molecular weight excluding hydrogens is 445 g/mol. The third-order valence-electron chi connectivity index (χ3n) is 5.16. The molecule has 1 fully saturated rings. The summed E-state index contributed by atoms with van der Waals surface area (Å²) in [5.74, 6) is 0.431. The maximum Gasteiger partial charge on any atom is 0.573 e. The number of imidazole rings is 1. The smallest absolute Gasteiger partial charge is 0.406 e. The van der Waals surface area contributed by atoms with Gasteiger partial charge in [0.1, 0.15) is 11.6 Å². The van der Waals surface area contributed by atoms with Crippen LogP contribution in [0.5, 0.6) is 5.75 Å². The number of nitrogens with one attached hydrogen (secondary N) is 1. The summed E-state index contributed by atoms with van der Waals surface area (Å²) in [6.07, 6.45) is 0.409. The van der Waals surface area contributed by atoms with Gasteiger partial charge >= 0.3 is 12.4 Å². The molecule has 0 spiro atoms. The molecule has 1 N–H and O–H groups in total. The second-order valence-electron chi connectivity index (χ2n) is 7.39. The van der Waals surface area contributed by atoms with Gasteiger partial charge in [-0.25, -0.2) is 9.78 Å². The van der Waals surface area contributed by atoms with Crippen molar-refractivity contribution >= 4 is 23.3 Å². The van der Waals surface area contributed by atoms with Crippen LogP contribution >= 0.6 is 11.6 Å². The number of likely N-dealkylation sites (tertiary alicyclic amines) is 1. The summed E-state index contributed by atoms with van der Waals surface area (Å²) < 4.78 is 42.8. The van der Waals surface area contributed by atoms with Crippen LogP contribution in [0.2, 0.25) is 5.02 Å². The second-order valence-corrected chi connectivity index (χ2v) is 7.83. The second kappa shape index (κ2) is 9.12. The quantitative estimate of drug-likeness (QED) is 0.515. The third-order valence-corrected chi connectivity index (χ3v) is 5.42. The van der Waals surface area contributed by atoms with Crippen LogP contribution in [0.1, 0.15) is 30.3 Å². The van der Waals surface area contributed by atoms with Gasteiger partial charge in [-0.2, -0.15) is 0 Å². The predicted octanol–water partition coefficient (Wildman–Crippen LogP) is 5.85. The van der Waals surface area contributed by atoms with Gasteiger partial charge in [0.15, 0.2) is 0 Å². The van der Waals surface area contributed by atoms with Gasteiger partial charge in [-0.1, -0.05) is 23.7 Å². The van der Waals surface area contributed by atoms with Crippen LogP contribution in [0.3, 0.4) is 0 Å². The summed E-state index contributed by atoms with van der Waals surface area (Å²) in [4.78, 5) is 19.1. The SMILES string of the molecule is O=C(Nc1ccc(OC(F)(F)F)cc1)N1CCC[C@@H]1c1nccn1Cc1ccc(Cl)cc1. The minimum Gasteiger partial charge on any atom is -0.406 e. The van der Waals surface area contributed by atoms with Crippen LogP contribution in [0, 0.1) is 0 Å². The first-order valence-electron chi connectivity index (χ1n) is 9.97. The number of nitrogens with zero attached hydrogens (tertiary/aromatic N) is 3. The molecule has 1 aliphatic heterocycles. The molecule has 168 valence electrons. The molecule has 6 nitrogen and oxygen atoms in total. The molecule has 0 radical (unpaired) electrons. The topological polar surface area (TPSA) is 59.4 Å². The maximum absolute atomic E-state index is 12.9. The summed E-state index contributed by atoms with van der Waals surface area (Å²) in [5, 5.41) is 3.40. The van der Waals surface area contributed by atoms with Gasteiger partial charge in [0, 0.05) is 36.2 Å². The van der Waals surface area contributed by atoms with Crippen molar-refractivity contribution in [3.05, 3.63) is 77.3 Å². The molecule has 4 rings (SSSR count).